The van der Waals surface area contributed by atoms with E-state index in [1.807, 2.05) is 29.3 Å². The highest BCUT2D eigenvalue weighted by Gasteiger charge is 2.53. The molecule has 0 aliphatic carbocycles. The number of benzene rings is 2. The van der Waals surface area contributed by atoms with Crippen molar-refractivity contribution in [3.05, 3.63) is 65.7 Å². The summed E-state index contributed by atoms with van der Waals surface area (Å²) in [5.41, 5.74) is 2.57. The van der Waals surface area contributed by atoms with Gasteiger partial charge in [0.05, 0.1) is 18.9 Å². The van der Waals surface area contributed by atoms with E-state index in [0.29, 0.717) is 13.2 Å². The largest absolute Gasteiger partial charge is 0.379 e. The Hall–Kier alpha value is -2.21. The van der Waals surface area contributed by atoms with Crippen LogP contribution in [0.3, 0.4) is 0 Å². The van der Waals surface area contributed by atoms with Gasteiger partial charge in [-0.25, -0.2) is 10.0 Å². The average molecular weight is 394 g/mol. The highest BCUT2D eigenvalue weighted by molar-refractivity contribution is 6.09. The second-order valence-electron chi connectivity index (χ2n) is 7.75. The monoisotopic (exact) mass is 393 g/mol. The molecule has 0 aromatic heterocycles. The molecule has 2 aliphatic heterocycles. The van der Waals surface area contributed by atoms with Gasteiger partial charge >= 0.3 is 0 Å². The lowest BCUT2D eigenvalue weighted by Crippen LogP contribution is -2.54. The molecule has 1 saturated heterocycles. The molecular weight excluding hydrogens is 362 g/mol. The van der Waals surface area contributed by atoms with Crippen molar-refractivity contribution in [2.75, 3.05) is 50.9 Å². The summed E-state index contributed by atoms with van der Waals surface area (Å²) in [5.74, 6) is 0.166. The highest BCUT2D eigenvalue weighted by atomic mass is 16.5. The van der Waals surface area contributed by atoms with Gasteiger partial charge in [0.25, 0.3) is 5.91 Å². The third-order valence-corrected chi connectivity index (χ3v) is 6.38. The molecular formula is C24H31N3O2. The molecule has 154 valence electrons. The number of fused-ring (bicyclic) bond motifs is 1. The van der Waals surface area contributed by atoms with Crippen molar-refractivity contribution in [1.82, 2.24) is 9.91 Å². The van der Waals surface area contributed by atoms with E-state index in [1.165, 1.54) is 0 Å². The molecule has 5 heteroatoms. The number of rotatable bonds is 7. The number of ether oxygens (including phenoxy) is 1. The molecule has 2 heterocycles. The van der Waals surface area contributed by atoms with Crippen LogP contribution in [0, 0.1) is 0 Å². The topological polar surface area (TPSA) is 36.0 Å². The molecule has 1 fully saturated rings. The number of anilines is 1. The number of hydrogen-bond acceptors (Lipinski definition) is 4. The Balaban J connectivity index is 1.82. The third-order valence-electron chi connectivity index (χ3n) is 6.38. The van der Waals surface area contributed by atoms with Crippen LogP contribution in [0.4, 0.5) is 5.69 Å². The maximum atomic E-state index is 14.2. The Kier molecular flexibility index (Phi) is 5.99. The van der Waals surface area contributed by atoms with Gasteiger partial charge in [0.2, 0.25) is 0 Å². The molecule has 0 bridgehead atoms. The lowest BCUT2D eigenvalue weighted by atomic mass is 9.72. The summed E-state index contributed by atoms with van der Waals surface area (Å²) in [5, 5.41) is 4.10. The molecule has 0 radical (unpaired) electrons. The number of carbonyl (C=O) groups is 1. The van der Waals surface area contributed by atoms with Crippen LogP contribution in [0.15, 0.2) is 54.6 Å². The Morgan fingerprint density at radius 2 is 1.62 bits per heavy atom. The summed E-state index contributed by atoms with van der Waals surface area (Å²) in [4.78, 5) is 16.6. The van der Waals surface area contributed by atoms with Gasteiger partial charge in [0.1, 0.15) is 5.41 Å². The van der Waals surface area contributed by atoms with Crippen molar-refractivity contribution in [3.63, 3.8) is 0 Å². The van der Waals surface area contributed by atoms with E-state index in [1.54, 1.807) is 0 Å². The van der Waals surface area contributed by atoms with Gasteiger partial charge in [0, 0.05) is 13.1 Å². The van der Waals surface area contributed by atoms with Crippen molar-refractivity contribution in [3.8, 4) is 0 Å². The number of hydrogen-bond donors (Lipinski definition) is 0. The minimum atomic E-state index is -0.654. The van der Waals surface area contributed by atoms with Gasteiger partial charge in [-0.1, -0.05) is 62.4 Å². The van der Waals surface area contributed by atoms with Crippen molar-refractivity contribution in [1.29, 1.82) is 0 Å². The molecule has 4 rings (SSSR count). The molecule has 2 aromatic rings. The first-order chi connectivity index (χ1) is 14.2. The summed E-state index contributed by atoms with van der Waals surface area (Å²) in [6.07, 6.45) is 0.773. The van der Waals surface area contributed by atoms with E-state index in [2.05, 4.69) is 54.1 Å². The lowest BCUT2D eigenvalue weighted by Gasteiger charge is -2.37. The minimum absolute atomic E-state index is 0.166. The number of morpholine rings is 1. The van der Waals surface area contributed by atoms with Gasteiger partial charge in [-0.2, -0.15) is 0 Å². The maximum Gasteiger partial charge on any atom is 0.256 e. The summed E-state index contributed by atoms with van der Waals surface area (Å²) >= 11 is 0. The number of nitrogens with zero attached hydrogens (tertiary/aromatic N) is 3. The molecule has 2 aromatic carbocycles. The van der Waals surface area contributed by atoms with E-state index in [-0.39, 0.29) is 5.91 Å². The first-order valence-corrected chi connectivity index (χ1v) is 10.8. The molecule has 2 aliphatic rings. The van der Waals surface area contributed by atoms with E-state index in [9.17, 15) is 4.79 Å². The van der Waals surface area contributed by atoms with Crippen LogP contribution >= 0.6 is 0 Å². The van der Waals surface area contributed by atoms with E-state index < -0.39 is 5.41 Å². The predicted octanol–water partition coefficient (Wildman–Crippen LogP) is 3.30. The lowest BCUT2D eigenvalue weighted by molar-refractivity contribution is -0.126. The molecule has 29 heavy (non-hydrogen) atoms. The second kappa shape index (κ2) is 8.66. The molecule has 1 amide bonds. The third kappa shape index (κ3) is 3.48. The van der Waals surface area contributed by atoms with Crippen molar-refractivity contribution >= 4 is 11.6 Å². The van der Waals surface area contributed by atoms with Gasteiger partial charge in [-0.05, 0) is 43.2 Å². The average Bonchev–Trinajstić information content (AvgIpc) is 3.04. The highest BCUT2D eigenvalue weighted by Crippen LogP contribution is 2.49. The fourth-order valence-corrected chi connectivity index (χ4v) is 4.71. The SMILES string of the molecule is CCN(CC)CCC1(c2ccccc2)C(=O)N(N2CCOCC2)c2ccccc21. The zero-order valence-electron chi connectivity index (χ0n) is 17.5. The van der Waals surface area contributed by atoms with Crippen LogP contribution in [0.25, 0.3) is 0 Å². The zero-order valence-corrected chi connectivity index (χ0v) is 17.5. The number of hydrazine groups is 1. The van der Waals surface area contributed by atoms with Gasteiger partial charge in [-0.15, -0.1) is 0 Å². The minimum Gasteiger partial charge on any atom is -0.379 e. The van der Waals surface area contributed by atoms with Crippen LogP contribution in [0.2, 0.25) is 0 Å². The standard InChI is InChI=1S/C24H31N3O2/c1-3-25(4-2)15-14-24(20-10-6-5-7-11-20)21-12-8-9-13-22(21)27(23(24)28)26-16-18-29-19-17-26/h5-13H,3-4,14-19H2,1-2H3. The van der Waals surface area contributed by atoms with Crippen LogP contribution in [0.5, 0.6) is 0 Å². The normalized spacial score (nSPS) is 22.3. The Morgan fingerprint density at radius 3 is 2.31 bits per heavy atom. The molecule has 1 atom stereocenters. The van der Waals surface area contributed by atoms with Gasteiger partial charge in [-0.3, -0.25) is 4.79 Å². The van der Waals surface area contributed by atoms with Crippen LogP contribution in [-0.4, -0.2) is 61.8 Å². The van der Waals surface area contributed by atoms with E-state index in [0.717, 1.165) is 56.0 Å². The van der Waals surface area contributed by atoms with Gasteiger partial charge < -0.3 is 9.64 Å². The summed E-state index contributed by atoms with van der Waals surface area (Å²) in [6, 6.07) is 18.7. The maximum absolute atomic E-state index is 14.2. The smallest absolute Gasteiger partial charge is 0.256 e. The first kappa shape index (κ1) is 20.1. The fraction of sp³-hybridized carbons (Fsp3) is 0.458. The quantitative estimate of drug-likeness (QED) is 0.723. The molecule has 0 spiro atoms. The summed E-state index contributed by atoms with van der Waals surface area (Å²) in [6.45, 7) is 10.0. The van der Waals surface area contributed by atoms with E-state index >= 15 is 0 Å². The number of carbonyl (C=O) groups excluding carboxylic acids is 1. The molecule has 0 N–H and O–H groups in total. The van der Waals surface area contributed by atoms with Crippen molar-refractivity contribution in [2.24, 2.45) is 0 Å². The number of amides is 1. The first-order valence-electron chi connectivity index (χ1n) is 10.8. The second-order valence-corrected chi connectivity index (χ2v) is 7.75. The van der Waals surface area contributed by atoms with Crippen molar-refractivity contribution < 1.29 is 9.53 Å². The van der Waals surface area contributed by atoms with Crippen molar-refractivity contribution in [2.45, 2.75) is 25.7 Å². The van der Waals surface area contributed by atoms with Gasteiger partial charge in [0.15, 0.2) is 0 Å². The Morgan fingerprint density at radius 1 is 0.966 bits per heavy atom. The zero-order chi connectivity index (χ0) is 20.3. The molecule has 0 saturated carbocycles. The molecule has 5 nitrogen and oxygen atoms in total. The fourth-order valence-electron chi connectivity index (χ4n) is 4.71. The summed E-state index contributed by atoms with van der Waals surface area (Å²) < 4.78 is 5.54. The van der Waals surface area contributed by atoms with Crippen LogP contribution in [-0.2, 0) is 14.9 Å². The Labute approximate surface area is 173 Å². The van der Waals surface area contributed by atoms with E-state index in [4.69, 9.17) is 4.74 Å². The summed E-state index contributed by atoms with van der Waals surface area (Å²) in [7, 11) is 0. The number of para-hydroxylation sites is 1. The van der Waals surface area contributed by atoms with Crippen LogP contribution < -0.4 is 5.01 Å². The molecule has 1 unspecified atom stereocenters. The van der Waals surface area contributed by atoms with Crippen LogP contribution in [0.1, 0.15) is 31.4 Å². The Bertz CT molecular complexity index is 831. The predicted molar refractivity (Wildman–Crippen MR) is 116 cm³/mol.